The van der Waals surface area contributed by atoms with Gasteiger partial charge in [-0.15, -0.1) is 10.2 Å². The van der Waals surface area contributed by atoms with Gasteiger partial charge in [0, 0.05) is 12.1 Å². The SMILES string of the molecule is COc1ccc([C@](C)(O)[C@H]2CCCN2Cc2nnc(C)n2C2CC2)cc1. The lowest BCUT2D eigenvalue weighted by molar-refractivity contribution is -0.0264. The zero-order chi connectivity index (χ0) is 18.3. The Labute approximate surface area is 154 Å². The Hall–Kier alpha value is -1.92. The number of hydrogen-bond donors (Lipinski definition) is 1. The molecule has 1 aliphatic carbocycles. The number of aliphatic hydroxyl groups is 1. The van der Waals surface area contributed by atoms with Crippen molar-refractivity contribution in [1.82, 2.24) is 19.7 Å². The molecule has 2 aromatic rings. The molecule has 4 rings (SSSR count). The van der Waals surface area contributed by atoms with Gasteiger partial charge in [-0.25, -0.2) is 0 Å². The highest BCUT2D eigenvalue weighted by Crippen LogP contribution is 2.39. The van der Waals surface area contributed by atoms with Crippen molar-refractivity contribution in [3.8, 4) is 5.75 Å². The number of ether oxygens (including phenoxy) is 1. The molecule has 2 aliphatic rings. The molecule has 0 amide bonds. The Balaban J connectivity index is 1.55. The zero-order valence-corrected chi connectivity index (χ0v) is 15.9. The number of hydrogen-bond acceptors (Lipinski definition) is 5. The van der Waals surface area contributed by atoms with Gasteiger partial charge in [0.15, 0.2) is 0 Å². The predicted octanol–water partition coefficient (Wildman–Crippen LogP) is 2.80. The Morgan fingerprint density at radius 2 is 1.92 bits per heavy atom. The van der Waals surface area contributed by atoms with E-state index in [4.69, 9.17) is 4.74 Å². The van der Waals surface area contributed by atoms with Gasteiger partial charge in [-0.2, -0.15) is 0 Å². The molecule has 6 heteroatoms. The molecule has 1 saturated heterocycles. The van der Waals surface area contributed by atoms with E-state index in [1.54, 1.807) is 7.11 Å². The summed E-state index contributed by atoms with van der Waals surface area (Å²) in [5.41, 5.74) is 0.0115. The van der Waals surface area contributed by atoms with Gasteiger partial charge < -0.3 is 14.4 Å². The summed E-state index contributed by atoms with van der Waals surface area (Å²) in [6.45, 7) is 5.68. The molecule has 1 aromatic heterocycles. The van der Waals surface area contributed by atoms with E-state index in [9.17, 15) is 5.11 Å². The minimum Gasteiger partial charge on any atom is -0.497 e. The monoisotopic (exact) mass is 356 g/mol. The third-order valence-corrected chi connectivity index (χ3v) is 5.88. The Bertz CT molecular complexity index is 765. The van der Waals surface area contributed by atoms with E-state index in [-0.39, 0.29) is 6.04 Å². The van der Waals surface area contributed by atoms with Crippen LogP contribution in [-0.4, -0.2) is 44.5 Å². The number of likely N-dealkylation sites (tertiary alicyclic amines) is 1. The molecule has 6 nitrogen and oxygen atoms in total. The van der Waals surface area contributed by atoms with Gasteiger partial charge in [0.2, 0.25) is 0 Å². The molecule has 26 heavy (non-hydrogen) atoms. The molecule has 0 spiro atoms. The minimum absolute atomic E-state index is 0.0700. The largest absolute Gasteiger partial charge is 0.497 e. The van der Waals surface area contributed by atoms with Gasteiger partial charge in [0.05, 0.1) is 13.7 Å². The van der Waals surface area contributed by atoms with Gasteiger partial charge in [-0.05, 0) is 63.8 Å². The zero-order valence-electron chi connectivity index (χ0n) is 15.9. The second-order valence-electron chi connectivity index (χ2n) is 7.77. The summed E-state index contributed by atoms with van der Waals surface area (Å²) in [6.07, 6.45) is 4.51. The Morgan fingerprint density at radius 3 is 2.58 bits per heavy atom. The number of aryl methyl sites for hydroxylation is 1. The summed E-state index contributed by atoms with van der Waals surface area (Å²) in [4.78, 5) is 2.37. The molecule has 1 N–H and O–H groups in total. The number of benzene rings is 1. The van der Waals surface area contributed by atoms with E-state index >= 15 is 0 Å². The van der Waals surface area contributed by atoms with E-state index in [2.05, 4.69) is 19.7 Å². The molecule has 2 heterocycles. The van der Waals surface area contributed by atoms with E-state index in [1.165, 1.54) is 12.8 Å². The van der Waals surface area contributed by atoms with Crippen molar-refractivity contribution in [2.45, 2.75) is 63.8 Å². The smallest absolute Gasteiger partial charge is 0.147 e. The van der Waals surface area contributed by atoms with Crippen LogP contribution in [0.5, 0.6) is 5.75 Å². The Morgan fingerprint density at radius 1 is 1.19 bits per heavy atom. The molecule has 2 fully saturated rings. The summed E-state index contributed by atoms with van der Waals surface area (Å²) in [6, 6.07) is 8.40. The van der Waals surface area contributed by atoms with Crippen LogP contribution in [0.3, 0.4) is 0 Å². The standard InChI is InChI=1S/C20H28N4O2/c1-14-21-22-19(24(14)16-8-9-16)13-23-12-4-5-18(23)20(2,25)15-6-10-17(26-3)11-7-15/h6-7,10-11,16,18,25H,4-5,8-9,12-13H2,1-3H3/t18-,20+/m1/s1. The average Bonchev–Trinajstić information content (AvgIpc) is 3.24. The Kier molecular flexibility index (Phi) is 4.49. The lowest BCUT2D eigenvalue weighted by Gasteiger charge is -2.37. The highest BCUT2D eigenvalue weighted by molar-refractivity contribution is 5.31. The van der Waals surface area contributed by atoms with E-state index < -0.39 is 5.60 Å². The fourth-order valence-electron chi connectivity index (χ4n) is 4.28. The topological polar surface area (TPSA) is 63.4 Å². The van der Waals surface area contributed by atoms with Gasteiger partial charge in [0.1, 0.15) is 23.0 Å². The summed E-state index contributed by atoms with van der Waals surface area (Å²) >= 11 is 0. The molecular weight excluding hydrogens is 328 g/mol. The van der Waals surface area contributed by atoms with Gasteiger partial charge in [0.25, 0.3) is 0 Å². The van der Waals surface area contributed by atoms with Gasteiger partial charge >= 0.3 is 0 Å². The molecule has 0 unspecified atom stereocenters. The molecule has 0 radical (unpaired) electrons. The normalized spacial score (nSPS) is 23.2. The van der Waals surface area contributed by atoms with Crippen LogP contribution in [0, 0.1) is 6.92 Å². The van der Waals surface area contributed by atoms with Crippen molar-refractivity contribution in [1.29, 1.82) is 0 Å². The van der Waals surface area contributed by atoms with E-state index in [0.717, 1.165) is 48.9 Å². The summed E-state index contributed by atoms with van der Waals surface area (Å²) in [7, 11) is 1.66. The molecule has 1 aromatic carbocycles. The number of methoxy groups -OCH3 is 1. The quantitative estimate of drug-likeness (QED) is 0.862. The van der Waals surface area contributed by atoms with Crippen LogP contribution in [-0.2, 0) is 12.1 Å². The summed E-state index contributed by atoms with van der Waals surface area (Å²) < 4.78 is 7.53. The van der Waals surface area contributed by atoms with Gasteiger partial charge in [-0.3, -0.25) is 4.90 Å². The van der Waals surface area contributed by atoms with Crippen molar-refractivity contribution in [3.63, 3.8) is 0 Å². The molecular formula is C20H28N4O2. The van der Waals surface area contributed by atoms with Crippen LogP contribution >= 0.6 is 0 Å². The maximum absolute atomic E-state index is 11.4. The molecule has 140 valence electrons. The van der Waals surface area contributed by atoms with Crippen LogP contribution < -0.4 is 4.74 Å². The fraction of sp³-hybridized carbons (Fsp3) is 0.600. The van der Waals surface area contributed by atoms with Crippen LogP contribution in [0.25, 0.3) is 0 Å². The van der Waals surface area contributed by atoms with Crippen LogP contribution in [0.4, 0.5) is 0 Å². The molecule has 0 bridgehead atoms. The number of aromatic nitrogens is 3. The first-order chi connectivity index (χ1) is 12.5. The second kappa shape index (κ2) is 6.67. The fourth-order valence-corrected chi connectivity index (χ4v) is 4.28. The van der Waals surface area contributed by atoms with Crippen molar-refractivity contribution in [2.24, 2.45) is 0 Å². The lowest BCUT2D eigenvalue weighted by Crippen LogP contribution is -2.45. The van der Waals surface area contributed by atoms with Crippen molar-refractivity contribution < 1.29 is 9.84 Å². The third-order valence-electron chi connectivity index (χ3n) is 5.88. The van der Waals surface area contributed by atoms with Gasteiger partial charge in [-0.1, -0.05) is 12.1 Å². The first kappa shape index (κ1) is 17.5. The number of nitrogens with zero attached hydrogens (tertiary/aromatic N) is 4. The maximum Gasteiger partial charge on any atom is 0.147 e. The predicted molar refractivity (Wildman–Crippen MR) is 99.0 cm³/mol. The molecule has 2 atom stereocenters. The maximum atomic E-state index is 11.4. The highest BCUT2D eigenvalue weighted by Gasteiger charge is 2.41. The molecule has 1 aliphatic heterocycles. The second-order valence-corrected chi connectivity index (χ2v) is 7.77. The van der Waals surface area contributed by atoms with Crippen molar-refractivity contribution >= 4 is 0 Å². The first-order valence-corrected chi connectivity index (χ1v) is 9.52. The van der Waals surface area contributed by atoms with Crippen LogP contribution in [0.1, 0.15) is 55.9 Å². The van der Waals surface area contributed by atoms with E-state index in [0.29, 0.717) is 6.04 Å². The first-order valence-electron chi connectivity index (χ1n) is 9.52. The van der Waals surface area contributed by atoms with Crippen molar-refractivity contribution in [3.05, 3.63) is 41.5 Å². The lowest BCUT2D eigenvalue weighted by atomic mass is 9.86. The third kappa shape index (κ3) is 3.12. The average molecular weight is 356 g/mol. The summed E-state index contributed by atoms with van der Waals surface area (Å²) in [5.74, 6) is 2.84. The van der Waals surface area contributed by atoms with Crippen molar-refractivity contribution in [2.75, 3.05) is 13.7 Å². The molecule has 1 saturated carbocycles. The van der Waals surface area contributed by atoms with E-state index in [1.807, 2.05) is 38.1 Å². The van der Waals surface area contributed by atoms with Crippen LogP contribution in [0.15, 0.2) is 24.3 Å². The minimum atomic E-state index is -0.914. The summed E-state index contributed by atoms with van der Waals surface area (Å²) in [5, 5.41) is 20.1. The highest BCUT2D eigenvalue weighted by atomic mass is 16.5. The number of rotatable bonds is 6. The van der Waals surface area contributed by atoms with Crippen LogP contribution in [0.2, 0.25) is 0 Å².